The van der Waals surface area contributed by atoms with Crippen molar-refractivity contribution < 1.29 is 18.4 Å². The lowest BCUT2D eigenvalue weighted by Gasteiger charge is -1.78. The van der Waals surface area contributed by atoms with Gasteiger partial charge in [0.05, 0.1) is 12.5 Å². The highest BCUT2D eigenvalue weighted by Gasteiger charge is 1.95. The molecule has 4 heteroatoms. The first-order valence-corrected chi connectivity index (χ1v) is 4.26. The van der Waals surface area contributed by atoms with Crippen LogP contribution in [0.4, 0.5) is 0 Å². The number of aldehydes is 2. The van der Waals surface area contributed by atoms with Crippen LogP contribution in [-0.4, -0.2) is 12.6 Å². The van der Waals surface area contributed by atoms with Crippen molar-refractivity contribution in [1.29, 1.82) is 0 Å². The van der Waals surface area contributed by atoms with E-state index in [0.717, 1.165) is 5.56 Å². The third kappa shape index (κ3) is 3.27. The van der Waals surface area contributed by atoms with Gasteiger partial charge in [-0.3, -0.25) is 9.59 Å². The molecule has 0 aliphatic heterocycles. The molecular formula is C11H10O4. The van der Waals surface area contributed by atoms with Crippen LogP contribution in [0.15, 0.2) is 39.6 Å². The van der Waals surface area contributed by atoms with Gasteiger partial charge in [0, 0.05) is 0 Å². The highest BCUT2D eigenvalue weighted by molar-refractivity contribution is 5.72. The van der Waals surface area contributed by atoms with Crippen LogP contribution in [0.1, 0.15) is 26.7 Å². The molecule has 0 atom stereocenters. The van der Waals surface area contributed by atoms with Gasteiger partial charge in [0.2, 0.25) is 0 Å². The van der Waals surface area contributed by atoms with Gasteiger partial charge in [-0.1, -0.05) is 0 Å². The van der Waals surface area contributed by atoms with Gasteiger partial charge < -0.3 is 8.83 Å². The summed E-state index contributed by atoms with van der Waals surface area (Å²) in [4.78, 5) is 19.8. The SMILES string of the molecule is Cc1ccoc1C=O.O=Cc1ccco1. The molecule has 2 aromatic heterocycles. The molecule has 4 nitrogen and oxygen atoms in total. The molecule has 0 N–H and O–H groups in total. The van der Waals surface area contributed by atoms with E-state index in [2.05, 4.69) is 4.42 Å². The summed E-state index contributed by atoms with van der Waals surface area (Å²) < 4.78 is 9.36. The number of carbonyl (C=O) groups excluding carboxylic acids is 2. The molecule has 2 rings (SSSR count). The molecule has 0 spiro atoms. The number of aryl methyl sites for hydroxylation is 1. The predicted molar refractivity (Wildman–Crippen MR) is 52.9 cm³/mol. The third-order valence-corrected chi connectivity index (χ3v) is 1.67. The molecule has 0 aliphatic carbocycles. The summed E-state index contributed by atoms with van der Waals surface area (Å²) >= 11 is 0. The molecule has 0 saturated heterocycles. The minimum atomic E-state index is 0.375. The molecule has 0 bridgehead atoms. The molecule has 15 heavy (non-hydrogen) atoms. The Morgan fingerprint density at radius 1 is 1.07 bits per heavy atom. The Kier molecular flexibility index (Phi) is 4.09. The van der Waals surface area contributed by atoms with E-state index < -0.39 is 0 Å². The molecule has 0 saturated carbocycles. The van der Waals surface area contributed by atoms with E-state index in [0.29, 0.717) is 24.1 Å². The second-order valence-corrected chi connectivity index (χ2v) is 2.72. The fourth-order valence-electron chi connectivity index (χ4n) is 0.864. The van der Waals surface area contributed by atoms with Gasteiger partial charge >= 0.3 is 0 Å². The highest BCUT2D eigenvalue weighted by atomic mass is 16.3. The van der Waals surface area contributed by atoms with Crippen LogP contribution in [0.2, 0.25) is 0 Å². The molecule has 2 aromatic rings. The lowest BCUT2D eigenvalue weighted by Crippen LogP contribution is -1.74. The zero-order valence-electron chi connectivity index (χ0n) is 8.17. The maximum absolute atomic E-state index is 9.99. The lowest BCUT2D eigenvalue weighted by atomic mass is 10.3. The summed E-state index contributed by atoms with van der Waals surface area (Å²) in [5.41, 5.74) is 0.889. The average molecular weight is 206 g/mol. The van der Waals surface area contributed by atoms with Crippen LogP contribution in [-0.2, 0) is 0 Å². The van der Waals surface area contributed by atoms with Gasteiger partial charge in [-0.05, 0) is 30.7 Å². The summed E-state index contributed by atoms with van der Waals surface area (Å²) in [5, 5.41) is 0. The molecule has 0 fully saturated rings. The maximum atomic E-state index is 9.99. The van der Waals surface area contributed by atoms with Gasteiger partial charge in [-0.25, -0.2) is 0 Å². The monoisotopic (exact) mass is 206 g/mol. The largest absolute Gasteiger partial charge is 0.462 e. The summed E-state index contributed by atoms with van der Waals surface area (Å²) in [6, 6.07) is 5.03. The van der Waals surface area contributed by atoms with E-state index in [9.17, 15) is 9.59 Å². The second-order valence-electron chi connectivity index (χ2n) is 2.72. The summed E-state index contributed by atoms with van der Waals surface area (Å²) in [5.74, 6) is 0.796. The molecule has 0 radical (unpaired) electrons. The molecule has 0 aliphatic rings. The van der Waals surface area contributed by atoms with Gasteiger partial charge in [0.1, 0.15) is 0 Å². The van der Waals surface area contributed by atoms with Crippen molar-refractivity contribution in [3.8, 4) is 0 Å². The van der Waals surface area contributed by atoms with Crippen molar-refractivity contribution in [1.82, 2.24) is 0 Å². The highest BCUT2D eigenvalue weighted by Crippen LogP contribution is 2.03. The minimum Gasteiger partial charge on any atom is -0.462 e. The van der Waals surface area contributed by atoms with Gasteiger partial charge in [0.25, 0.3) is 0 Å². The van der Waals surface area contributed by atoms with Crippen LogP contribution in [0.5, 0.6) is 0 Å². The molecule has 0 aromatic carbocycles. The molecule has 0 unspecified atom stereocenters. The first-order valence-electron chi connectivity index (χ1n) is 4.26. The maximum Gasteiger partial charge on any atom is 0.185 e. The van der Waals surface area contributed by atoms with Crippen LogP contribution < -0.4 is 0 Å². The fraction of sp³-hybridized carbons (Fsp3) is 0.0909. The Morgan fingerprint density at radius 3 is 2.13 bits per heavy atom. The third-order valence-electron chi connectivity index (χ3n) is 1.67. The van der Waals surface area contributed by atoms with Crippen molar-refractivity contribution >= 4 is 12.6 Å². The number of carbonyl (C=O) groups is 2. The summed E-state index contributed by atoms with van der Waals surface area (Å²) in [6.07, 6.45) is 4.33. The van der Waals surface area contributed by atoms with Crippen LogP contribution in [0.3, 0.4) is 0 Å². The van der Waals surface area contributed by atoms with Crippen molar-refractivity contribution in [3.05, 3.63) is 47.8 Å². The Bertz CT molecular complexity index is 411. The smallest absolute Gasteiger partial charge is 0.185 e. The summed E-state index contributed by atoms with van der Waals surface area (Å²) in [7, 11) is 0. The van der Waals surface area contributed by atoms with Crippen molar-refractivity contribution in [2.45, 2.75) is 6.92 Å². The zero-order valence-corrected chi connectivity index (χ0v) is 8.17. The van der Waals surface area contributed by atoms with E-state index in [1.165, 1.54) is 12.5 Å². The van der Waals surface area contributed by atoms with Crippen LogP contribution >= 0.6 is 0 Å². The van der Waals surface area contributed by atoms with Gasteiger partial charge in [0.15, 0.2) is 24.1 Å². The predicted octanol–water partition coefficient (Wildman–Crippen LogP) is 2.49. The Hall–Kier alpha value is -2.10. The Labute approximate surface area is 86.5 Å². The number of hydrogen-bond donors (Lipinski definition) is 0. The van der Waals surface area contributed by atoms with E-state index in [1.807, 2.05) is 6.92 Å². The lowest BCUT2D eigenvalue weighted by molar-refractivity contribution is 0.109. The zero-order chi connectivity index (χ0) is 11.1. The summed E-state index contributed by atoms with van der Waals surface area (Å²) in [6.45, 7) is 1.83. The van der Waals surface area contributed by atoms with E-state index in [1.54, 1.807) is 18.2 Å². The quantitative estimate of drug-likeness (QED) is 0.708. The second kappa shape index (κ2) is 5.59. The topological polar surface area (TPSA) is 60.4 Å². The molecule has 78 valence electrons. The first-order chi connectivity index (χ1) is 7.27. The van der Waals surface area contributed by atoms with Crippen LogP contribution in [0.25, 0.3) is 0 Å². The van der Waals surface area contributed by atoms with Gasteiger partial charge in [-0.2, -0.15) is 0 Å². The average Bonchev–Trinajstić information content (AvgIpc) is 2.88. The first kappa shape index (κ1) is 11.0. The van der Waals surface area contributed by atoms with E-state index in [-0.39, 0.29) is 0 Å². The van der Waals surface area contributed by atoms with E-state index >= 15 is 0 Å². The van der Waals surface area contributed by atoms with Crippen LogP contribution in [0, 0.1) is 6.92 Å². The molecule has 0 amide bonds. The van der Waals surface area contributed by atoms with Gasteiger partial charge in [-0.15, -0.1) is 0 Å². The Morgan fingerprint density at radius 2 is 1.87 bits per heavy atom. The molecule has 2 heterocycles. The number of hydrogen-bond acceptors (Lipinski definition) is 4. The van der Waals surface area contributed by atoms with Crippen molar-refractivity contribution in [2.24, 2.45) is 0 Å². The number of rotatable bonds is 2. The number of furan rings is 2. The van der Waals surface area contributed by atoms with Crippen molar-refractivity contribution in [2.75, 3.05) is 0 Å². The minimum absolute atomic E-state index is 0.375. The fourth-order valence-corrected chi connectivity index (χ4v) is 0.864. The Balaban J connectivity index is 0.000000151. The normalized spacial score (nSPS) is 8.87. The standard InChI is InChI=1S/C6H6O2.C5H4O2/c1-5-2-3-8-6(5)4-7;6-4-5-2-1-3-7-5/h2-4H,1H3;1-4H. The molecular weight excluding hydrogens is 196 g/mol. The van der Waals surface area contributed by atoms with E-state index in [4.69, 9.17) is 4.42 Å². The van der Waals surface area contributed by atoms with Crippen molar-refractivity contribution in [3.63, 3.8) is 0 Å².